The minimum absolute atomic E-state index is 0.0477. The maximum Gasteiger partial charge on any atom is 0.267 e. The molecule has 0 aliphatic carbocycles. The molecule has 1 unspecified atom stereocenters. The Bertz CT molecular complexity index is 502. The number of ether oxygens (including phenoxy) is 2. The van der Waals surface area contributed by atoms with Crippen molar-refractivity contribution in [2.45, 2.75) is 26.9 Å². The van der Waals surface area contributed by atoms with Crippen molar-refractivity contribution in [2.75, 3.05) is 26.2 Å². The number of nitrogens with two attached hydrogens (primary N) is 1. The number of amides is 1. The van der Waals surface area contributed by atoms with Gasteiger partial charge in [-0.1, -0.05) is 26.0 Å². The molecule has 0 fully saturated rings. The fourth-order valence-corrected chi connectivity index (χ4v) is 2.27. The molecule has 1 heterocycles. The van der Waals surface area contributed by atoms with Crippen LogP contribution in [0.25, 0.3) is 0 Å². The van der Waals surface area contributed by atoms with Crippen molar-refractivity contribution in [1.29, 1.82) is 0 Å². The van der Waals surface area contributed by atoms with Crippen LogP contribution >= 0.6 is 0 Å². The molecule has 1 aliphatic heterocycles. The first-order valence-electron chi connectivity index (χ1n) is 7.34. The second kappa shape index (κ2) is 6.35. The van der Waals surface area contributed by atoms with E-state index in [0.29, 0.717) is 31.1 Å². The van der Waals surface area contributed by atoms with Gasteiger partial charge in [0.1, 0.15) is 6.61 Å². The summed E-state index contributed by atoms with van der Waals surface area (Å²) in [6.45, 7) is 8.08. The average Bonchev–Trinajstić information content (AvgIpc) is 2.51. The molecular formula is C16H24N2O3. The molecule has 21 heavy (non-hydrogen) atoms. The lowest BCUT2D eigenvalue weighted by molar-refractivity contribution is -0.142. The molecule has 0 spiro atoms. The zero-order valence-electron chi connectivity index (χ0n) is 13.0. The van der Waals surface area contributed by atoms with Gasteiger partial charge in [-0.05, 0) is 31.0 Å². The van der Waals surface area contributed by atoms with Crippen LogP contribution in [0.1, 0.15) is 20.8 Å². The van der Waals surface area contributed by atoms with E-state index in [4.69, 9.17) is 15.2 Å². The van der Waals surface area contributed by atoms with Crippen molar-refractivity contribution in [1.82, 2.24) is 4.90 Å². The van der Waals surface area contributed by atoms with Gasteiger partial charge < -0.3 is 20.1 Å². The standard InChI is InChI=1S/C16H24N2O3/c1-4-18(11-16(2,3)10-17)15(19)14-9-20-12-7-5-6-8-13(12)21-14/h5-8,14H,4,9-11,17H2,1-3H3. The van der Waals surface area contributed by atoms with Gasteiger partial charge in [0.25, 0.3) is 5.91 Å². The number of nitrogens with zero attached hydrogens (tertiary/aromatic N) is 1. The molecular weight excluding hydrogens is 268 g/mol. The summed E-state index contributed by atoms with van der Waals surface area (Å²) in [7, 11) is 0. The Morgan fingerprint density at radius 2 is 2.05 bits per heavy atom. The van der Waals surface area contributed by atoms with Crippen molar-refractivity contribution in [3.05, 3.63) is 24.3 Å². The Balaban J connectivity index is 2.06. The molecule has 0 saturated heterocycles. The SMILES string of the molecule is CCN(CC(C)(C)CN)C(=O)C1COc2ccccc2O1. The first-order valence-corrected chi connectivity index (χ1v) is 7.34. The van der Waals surface area contributed by atoms with E-state index < -0.39 is 6.10 Å². The lowest BCUT2D eigenvalue weighted by Gasteiger charge is -2.34. The van der Waals surface area contributed by atoms with Gasteiger partial charge in [0.05, 0.1) is 0 Å². The topological polar surface area (TPSA) is 64.8 Å². The first-order chi connectivity index (χ1) is 9.96. The van der Waals surface area contributed by atoms with Crippen LogP contribution < -0.4 is 15.2 Å². The molecule has 1 aliphatic rings. The number of hydrogen-bond donors (Lipinski definition) is 1. The summed E-state index contributed by atoms with van der Waals surface area (Å²) in [6.07, 6.45) is -0.589. The second-order valence-corrected chi connectivity index (χ2v) is 6.08. The number of fused-ring (bicyclic) bond motifs is 1. The van der Waals surface area contributed by atoms with Crippen LogP contribution in [0.3, 0.4) is 0 Å². The summed E-state index contributed by atoms with van der Waals surface area (Å²) in [5.74, 6) is 1.26. The lowest BCUT2D eigenvalue weighted by Crippen LogP contribution is -2.50. The van der Waals surface area contributed by atoms with Crippen LogP contribution in [0.5, 0.6) is 11.5 Å². The largest absolute Gasteiger partial charge is 0.485 e. The predicted octanol–water partition coefficient (Wildman–Crippen LogP) is 1.66. The number of hydrogen-bond acceptors (Lipinski definition) is 4. The Morgan fingerprint density at radius 3 is 2.67 bits per heavy atom. The van der Waals surface area contributed by atoms with Crippen molar-refractivity contribution in [3.8, 4) is 11.5 Å². The average molecular weight is 292 g/mol. The molecule has 1 aromatic rings. The van der Waals surface area contributed by atoms with E-state index in [2.05, 4.69) is 13.8 Å². The Hall–Kier alpha value is -1.75. The van der Waals surface area contributed by atoms with Gasteiger partial charge >= 0.3 is 0 Å². The fourth-order valence-electron chi connectivity index (χ4n) is 2.27. The van der Waals surface area contributed by atoms with E-state index in [1.54, 1.807) is 4.90 Å². The summed E-state index contributed by atoms with van der Waals surface area (Å²) in [5, 5.41) is 0. The number of para-hydroxylation sites is 2. The zero-order chi connectivity index (χ0) is 15.5. The molecule has 1 amide bonds. The highest BCUT2D eigenvalue weighted by Gasteiger charge is 2.32. The Labute approximate surface area is 126 Å². The number of likely N-dealkylation sites (N-methyl/N-ethyl adjacent to an activating group) is 1. The van der Waals surface area contributed by atoms with Crippen molar-refractivity contribution in [2.24, 2.45) is 11.1 Å². The van der Waals surface area contributed by atoms with Crippen molar-refractivity contribution >= 4 is 5.91 Å². The minimum Gasteiger partial charge on any atom is -0.485 e. The molecule has 5 heteroatoms. The predicted molar refractivity (Wildman–Crippen MR) is 81.4 cm³/mol. The minimum atomic E-state index is -0.589. The van der Waals surface area contributed by atoms with Gasteiger partial charge in [-0.25, -0.2) is 0 Å². The third-order valence-corrected chi connectivity index (χ3v) is 3.65. The van der Waals surface area contributed by atoms with Crippen molar-refractivity contribution < 1.29 is 14.3 Å². The molecule has 1 atom stereocenters. The molecule has 116 valence electrons. The quantitative estimate of drug-likeness (QED) is 0.896. The van der Waals surface area contributed by atoms with Gasteiger partial charge in [-0.2, -0.15) is 0 Å². The summed E-state index contributed by atoms with van der Waals surface area (Å²) < 4.78 is 11.4. The zero-order valence-corrected chi connectivity index (χ0v) is 13.0. The number of rotatable bonds is 5. The molecule has 2 rings (SSSR count). The number of benzene rings is 1. The summed E-state index contributed by atoms with van der Waals surface area (Å²) in [5.41, 5.74) is 5.65. The maximum absolute atomic E-state index is 12.6. The highest BCUT2D eigenvalue weighted by Crippen LogP contribution is 2.31. The Kier molecular flexibility index (Phi) is 4.73. The van der Waals surface area contributed by atoms with Gasteiger partial charge in [0.2, 0.25) is 6.10 Å². The van der Waals surface area contributed by atoms with E-state index >= 15 is 0 Å². The normalized spacial score (nSPS) is 17.4. The monoisotopic (exact) mass is 292 g/mol. The van der Waals surface area contributed by atoms with Gasteiger partial charge in [-0.15, -0.1) is 0 Å². The molecule has 2 N–H and O–H groups in total. The second-order valence-electron chi connectivity index (χ2n) is 6.08. The van der Waals surface area contributed by atoms with Crippen LogP contribution in [-0.2, 0) is 4.79 Å². The molecule has 5 nitrogen and oxygen atoms in total. The molecule has 0 bridgehead atoms. The van der Waals surface area contributed by atoms with Gasteiger partial charge in [0.15, 0.2) is 11.5 Å². The lowest BCUT2D eigenvalue weighted by atomic mass is 9.93. The highest BCUT2D eigenvalue weighted by atomic mass is 16.6. The molecule has 0 aromatic heterocycles. The van der Waals surface area contributed by atoms with E-state index in [0.717, 1.165) is 0 Å². The molecule has 1 aromatic carbocycles. The smallest absolute Gasteiger partial charge is 0.267 e. The number of carbonyl (C=O) groups excluding carboxylic acids is 1. The number of carbonyl (C=O) groups is 1. The van der Waals surface area contributed by atoms with Crippen LogP contribution in [0.15, 0.2) is 24.3 Å². The first kappa shape index (κ1) is 15.6. The molecule has 0 saturated carbocycles. The van der Waals surface area contributed by atoms with E-state index in [1.165, 1.54) is 0 Å². The Morgan fingerprint density at radius 1 is 1.38 bits per heavy atom. The van der Waals surface area contributed by atoms with E-state index in [9.17, 15) is 4.79 Å². The van der Waals surface area contributed by atoms with Crippen LogP contribution in [0.2, 0.25) is 0 Å². The van der Waals surface area contributed by atoms with E-state index in [1.807, 2.05) is 31.2 Å². The highest BCUT2D eigenvalue weighted by molar-refractivity contribution is 5.82. The third kappa shape index (κ3) is 3.67. The molecule has 0 radical (unpaired) electrons. The third-order valence-electron chi connectivity index (χ3n) is 3.65. The summed E-state index contributed by atoms with van der Waals surface area (Å²) in [6, 6.07) is 7.40. The van der Waals surface area contributed by atoms with Crippen LogP contribution in [0, 0.1) is 5.41 Å². The van der Waals surface area contributed by atoms with Gasteiger partial charge in [-0.3, -0.25) is 4.79 Å². The maximum atomic E-state index is 12.6. The fraction of sp³-hybridized carbons (Fsp3) is 0.562. The van der Waals surface area contributed by atoms with Crippen molar-refractivity contribution in [3.63, 3.8) is 0 Å². The van der Waals surface area contributed by atoms with Gasteiger partial charge in [0, 0.05) is 13.1 Å². The summed E-state index contributed by atoms with van der Waals surface area (Å²) in [4.78, 5) is 14.4. The van der Waals surface area contributed by atoms with Crippen LogP contribution in [-0.4, -0.2) is 43.2 Å². The van der Waals surface area contributed by atoms with E-state index in [-0.39, 0.29) is 17.9 Å². The summed E-state index contributed by atoms with van der Waals surface area (Å²) >= 11 is 0. The van der Waals surface area contributed by atoms with Crippen LogP contribution in [0.4, 0.5) is 0 Å².